The smallest absolute Gasteiger partial charge is 0.306 e. The molecule has 3 heteroatoms. The first-order chi connectivity index (χ1) is 9.00. The number of halogens is 1. The average molecular weight is 279 g/mol. The number of hydrogen-bond donors (Lipinski definition) is 0. The van der Waals surface area contributed by atoms with E-state index < -0.39 is 0 Å². The molecule has 19 heavy (non-hydrogen) atoms. The second kappa shape index (κ2) is 5.79. The second-order valence-corrected chi connectivity index (χ2v) is 6.05. The topological polar surface area (TPSA) is 26.3 Å². The largest absolute Gasteiger partial charge is 0.461 e. The van der Waals surface area contributed by atoms with Crippen LogP contribution in [0.3, 0.4) is 0 Å². The summed E-state index contributed by atoms with van der Waals surface area (Å²) in [5.41, 5.74) is 2.08. The molecule has 0 N–H and O–H groups in total. The maximum atomic E-state index is 11.7. The zero-order valence-electron chi connectivity index (χ0n) is 11.2. The highest BCUT2D eigenvalue weighted by Gasteiger charge is 2.44. The number of allylic oxidation sites excluding steroid dienone is 1. The van der Waals surface area contributed by atoms with Gasteiger partial charge in [-0.15, -0.1) is 11.6 Å². The number of benzene rings is 1. The van der Waals surface area contributed by atoms with Crippen LogP contribution in [0, 0.1) is 5.92 Å². The van der Waals surface area contributed by atoms with Crippen molar-refractivity contribution in [2.24, 2.45) is 5.92 Å². The number of alkyl halides is 1. The molecule has 0 bridgehead atoms. The molecule has 2 unspecified atom stereocenters. The molecule has 1 aliphatic carbocycles. The van der Waals surface area contributed by atoms with Gasteiger partial charge in [0.05, 0.1) is 4.87 Å². The fourth-order valence-electron chi connectivity index (χ4n) is 2.32. The Hall–Kier alpha value is -1.28. The number of carbonyl (C=O) groups excluding carboxylic acids is 1. The van der Waals surface area contributed by atoms with Crippen LogP contribution in [-0.4, -0.2) is 10.8 Å². The van der Waals surface area contributed by atoms with Crippen molar-refractivity contribution in [3.05, 3.63) is 48.0 Å². The Bertz CT molecular complexity index is 465. The van der Waals surface area contributed by atoms with Crippen LogP contribution in [0.4, 0.5) is 0 Å². The number of rotatable bonds is 5. The summed E-state index contributed by atoms with van der Waals surface area (Å²) in [6.45, 7) is 6.23. The Labute approximate surface area is 119 Å². The van der Waals surface area contributed by atoms with E-state index in [2.05, 4.69) is 6.58 Å². The Balaban J connectivity index is 1.70. The molecule has 1 aromatic carbocycles. The molecule has 102 valence electrons. The normalized spacial score (nSPS) is 25.8. The lowest BCUT2D eigenvalue weighted by atomic mass is 9.68. The fourth-order valence-corrected chi connectivity index (χ4v) is 2.59. The van der Waals surface area contributed by atoms with Crippen molar-refractivity contribution in [1.82, 2.24) is 0 Å². The van der Waals surface area contributed by atoms with Crippen molar-refractivity contribution in [3.8, 4) is 0 Å². The quantitative estimate of drug-likeness (QED) is 0.461. The van der Waals surface area contributed by atoms with Crippen LogP contribution in [-0.2, 0) is 16.1 Å². The highest BCUT2D eigenvalue weighted by Crippen LogP contribution is 2.49. The van der Waals surface area contributed by atoms with Crippen LogP contribution >= 0.6 is 11.6 Å². The highest BCUT2D eigenvalue weighted by molar-refractivity contribution is 6.26. The Morgan fingerprint density at radius 1 is 1.47 bits per heavy atom. The van der Waals surface area contributed by atoms with Crippen LogP contribution in [0.25, 0.3) is 0 Å². The van der Waals surface area contributed by atoms with E-state index in [9.17, 15) is 4.79 Å². The third-order valence-electron chi connectivity index (χ3n) is 3.89. The van der Waals surface area contributed by atoms with Crippen molar-refractivity contribution in [1.29, 1.82) is 0 Å². The van der Waals surface area contributed by atoms with E-state index >= 15 is 0 Å². The highest BCUT2D eigenvalue weighted by atomic mass is 35.5. The van der Waals surface area contributed by atoms with E-state index in [0.717, 1.165) is 24.0 Å². The molecule has 0 spiro atoms. The molecule has 0 saturated heterocycles. The number of hydrogen-bond acceptors (Lipinski definition) is 2. The van der Waals surface area contributed by atoms with Crippen molar-refractivity contribution in [2.45, 2.75) is 37.7 Å². The molecule has 2 nitrogen and oxygen atoms in total. The maximum absolute atomic E-state index is 11.7. The minimum atomic E-state index is -0.334. The SMILES string of the molecule is C=C1CC(CCC(=O)OCc2ccccc2)C1(C)Cl. The van der Waals surface area contributed by atoms with E-state index in [1.54, 1.807) is 0 Å². The van der Waals surface area contributed by atoms with E-state index in [-0.39, 0.29) is 10.8 Å². The molecule has 0 heterocycles. The molecular formula is C16H19ClO2. The summed E-state index contributed by atoms with van der Waals surface area (Å²) in [5.74, 6) is 0.180. The molecule has 1 fully saturated rings. The van der Waals surface area contributed by atoms with Gasteiger partial charge in [-0.3, -0.25) is 4.79 Å². The monoisotopic (exact) mass is 278 g/mol. The van der Waals surface area contributed by atoms with Gasteiger partial charge < -0.3 is 4.74 Å². The van der Waals surface area contributed by atoms with Crippen LogP contribution < -0.4 is 0 Å². The van der Waals surface area contributed by atoms with Gasteiger partial charge in [-0.05, 0) is 31.2 Å². The fraction of sp³-hybridized carbons (Fsp3) is 0.438. The van der Waals surface area contributed by atoms with Gasteiger partial charge in [-0.25, -0.2) is 0 Å². The van der Waals surface area contributed by atoms with Gasteiger partial charge in [-0.1, -0.05) is 42.5 Å². The van der Waals surface area contributed by atoms with Crippen molar-refractivity contribution >= 4 is 17.6 Å². The molecule has 1 saturated carbocycles. The molecule has 0 amide bonds. The maximum Gasteiger partial charge on any atom is 0.306 e. The summed E-state index contributed by atoms with van der Waals surface area (Å²) >= 11 is 6.33. The van der Waals surface area contributed by atoms with E-state index in [1.807, 2.05) is 37.3 Å². The standard InChI is InChI=1S/C16H19ClO2/c1-12-10-14(16(12,2)17)8-9-15(18)19-11-13-6-4-3-5-7-13/h3-7,14H,1,8-11H2,2H3. The summed E-state index contributed by atoms with van der Waals surface area (Å²) in [4.78, 5) is 11.3. The van der Waals surface area contributed by atoms with Gasteiger partial charge in [0.2, 0.25) is 0 Å². The van der Waals surface area contributed by atoms with Crippen LogP contribution in [0.1, 0.15) is 31.7 Å². The van der Waals surface area contributed by atoms with Crippen LogP contribution in [0.2, 0.25) is 0 Å². The van der Waals surface area contributed by atoms with E-state index in [1.165, 1.54) is 0 Å². The van der Waals surface area contributed by atoms with Gasteiger partial charge in [-0.2, -0.15) is 0 Å². The minimum Gasteiger partial charge on any atom is -0.461 e. The molecule has 2 atom stereocenters. The molecule has 0 aromatic heterocycles. The van der Waals surface area contributed by atoms with Gasteiger partial charge in [0, 0.05) is 6.42 Å². The minimum absolute atomic E-state index is 0.158. The third kappa shape index (κ3) is 3.38. The Morgan fingerprint density at radius 3 is 2.74 bits per heavy atom. The predicted molar refractivity (Wildman–Crippen MR) is 77.0 cm³/mol. The summed E-state index contributed by atoms with van der Waals surface area (Å²) in [6, 6.07) is 9.69. The van der Waals surface area contributed by atoms with Crippen molar-refractivity contribution in [2.75, 3.05) is 0 Å². The van der Waals surface area contributed by atoms with Gasteiger partial charge in [0.1, 0.15) is 6.61 Å². The lowest BCUT2D eigenvalue weighted by molar-refractivity contribution is -0.145. The molecule has 1 aliphatic rings. The lowest BCUT2D eigenvalue weighted by Gasteiger charge is -2.44. The summed E-state index contributed by atoms with van der Waals surface area (Å²) < 4.78 is 5.24. The second-order valence-electron chi connectivity index (χ2n) is 5.27. The van der Waals surface area contributed by atoms with Gasteiger partial charge in [0.15, 0.2) is 0 Å². The van der Waals surface area contributed by atoms with Crippen LogP contribution in [0.15, 0.2) is 42.5 Å². The Morgan fingerprint density at radius 2 is 2.16 bits per heavy atom. The first-order valence-corrected chi connectivity index (χ1v) is 6.94. The number of ether oxygens (including phenoxy) is 1. The zero-order chi connectivity index (χ0) is 13.9. The average Bonchev–Trinajstić information content (AvgIpc) is 2.42. The Kier molecular flexibility index (Phi) is 4.31. The lowest BCUT2D eigenvalue weighted by Crippen LogP contribution is -2.41. The van der Waals surface area contributed by atoms with Gasteiger partial charge in [0.25, 0.3) is 0 Å². The summed E-state index contributed by atoms with van der Waals surface area (Å²) in [5, 5.41) is 0. The molecule has 1 aromatic rings. The zero-order valence-corrected chi connectivity index (χ0v) is 12.0. The molecule has 0 aliphatic heterocycles. The van der Waals surface area contributed by atoms with Crippen LogP contribution in [0.5, 0.6) is 0 Å². The van der Waals surface area contributed by atoms with E-state index in [0.29, 0.717) is 18.9 Å². The summed E-state index contributed by atoms with van der Waals surface area (Å²) in [6.07, 6.45) is 2.12. The molecular weight excluding hydrogens is 260 g/mol. The molecule has 0 radical (unpaired) electrons. The first-order valence-electron chi connectivity index (χ1n) is 6.57. The van der Waals surface area contributed by atoms with Crippen molar-refractivity contribution in [3.63, 3.8) is 0 Å². The number of esters is 1. The number of carbonyl (C=O) groups is 1. The predicted octanol–water partition coefficient (Wildman–Crippen LogP) is 4.08. The first kappa shape index (κ1) is 14.1. The van der Waals surface area contributed by atoms with Gasteiger partial charge >= 0.3 is 5.97 Å². The summed E-state index contributed by atoms with van der Waals surface area (Å²) in [7, 11) is 0. The third-order valence-corrected chi connectivity index (χ3v) is 4.47. The van der Waals surface area contributed by atoms with Crippen molar-refractivity contribution < 1.29 is 9.53 Å². The van der Waals surface area contributed by atoms with E-state index in [4.69, 9.17) is 16.3 Å². The molecule has 2 rings (SSSR count).